The maximum atomic E-state index is 9.49. The van der Waals surface area contributed by atoms with Crippen molar-refractivity contribution >= 4 is 11.0 Å². The number of fused-ring (bicyclic) bond motifs is 1. The first kappa shape index (κ1) is 23.4. The van der Waals surface area contributed by atoms with Crippen molar-refractivity contribution < 1.29 is 4.74 Å². The number of rotatable bonds is 6. The normalized spacial score (nSPS) is 17.8. The van der Waals surface area contributed by atoms with Crippen LogP contribution in [0.15, 0.2) is 97.3 Å². The summed E-state index contributed by atoms with van der Waals surface area (Å²) in [5.41, 5.74) is 7.01. The minimum absolute atomic E-state index is 0.261. The van der Waals surface area contributed by atoms with Crippen LogP contribution in [0.2, 0.25) is 0 Å². The molecule has 0 aliphatic heterocycles. The van der Waals surface area contributed by atoms with E-state index in [4.69, 9.17) is 9.72 Å². The molecule has 5 heteroatoms. The first-order valence-electron chi connectivity index (χ1n) is 13.1. The molecule has 3 aromatic carbocycles. The third-order valence-corrected chi connectivity index (χ3v) is 7.70. The number of hydrogen-bond donors (Lipinski definition) is 1. The molecule has 2 aromatic heterocycles. The van der Waals surface area contributed by atoms with E-state index in [2.05, 4.69) is 81.9 Å². The fourth-order valence-electron chi connectivity index (χ4n) is 5.81. The Morgan fingerprint density at radius 1 is 0.811 bits per heavy atom. The molecule has 1 N–H and O–H groups in total. The van der Waals surface area contributed by atoms with Crippen LogP contribution in [0.3, 0.4) is 0 Å². The Balaban J connectivity index is 1.63. The largest absolute Gasteiger partial charge is 0.381 e. The van der Waals surface area contributed by atoms with Gasteiger partial charge in [-0.05, 0) is 42.4 Å². The maximum Gasteiger partial charge on any atom is 0.146 e. The fourth-order valence-corrected chi connectivity index (χ4v) is 5.81. The van der Waals surface area contributed by atoms with E-state index in [0.717, 1.165) is 59.1 Å². The smallest absolute Gasteiger partial charge is 0.146 e. The van der Waals surface area contributed by atoms with E-state index >= 15 is 0 Å². The molecular weight excluding hydrogens is 456 g/mol. The number of nitrogens with one attached hydrogen (secondary N) is 1. The van der Waals surface area contributed by atoms with Gasteiger partial charge in [0.05, 0.1) is 23.5 Å². The summed E-state index contributed by atoms with van der Waals surface area (Å²) < 4.78 is 10.00. The predicted molar refractivity (Wildman–Crippen MR) is 148 cm³/mol. The Morgan fingerprint density at radius 3 is 2.03 bits per heavy atom. The number of methoxy groups -OCH3 is 1. The molecule has 0 bridgehead atoms. The number of benzene rings is 3. The molecule has 5 nitrogen and oxygen atoms in total. The molecule has 0 amide bonds. The zero-order valence-corrected chi connectivity index (χ0v) is 21.2. The molecule has 0 atom stereocenters. The molecule has 0 saturated heterocycles. The van der Waals surface area contributed by atoms with Crippen LogP contribution in [-0.2, 0) is 11.3 Å². The first-order valence-corrected chi connectivity index (χ1v) is 13.1. The summed E-state index contributed by atoms with van der Waals surface area (Å²) in [7, 11) is 1.80. The van der Waals surface area contributed by atoms with Gasteiger partial charge in [0.1, 0.15) is 11.1 Å². The third-order valence-electron chi connectivity index (χ3n) is 7.70. The lowest BCUT2D eigenvalue weighted by Gasteiger charge is -2.29. The highest BCUT2D eigenvalue weighted by Gasteiger charge is 2.26. The van der Waals surface area contributed by atoms with E-state index < -0.39 is 0 Å². The van der Waals surface area contributed by atoms with E-state index in [0.29, 0.717) is 18.1 Å². The molecule has 1 fully saturated rings. The van der Waals surface area contributed by atoms with Crippen LogP contribution in [0.25, 0.3) is 33.4 Å². The van der Waals surface area contributed by atoms with Gasteiger partial charge < -0.3 is 13.9 Å². The standard InChI is InChI=1S/C32H32N4O/c1-37-27-19-17-26(18-20-27)36-22-34-32-29(31(36)33)28(24-13-7-3-8-14-24)30(25-15-9-4-10-16-25)35(32)21-23-11-5-2-6-12-23/h2-16,22,26-27,33H,17-21H2,1H3. The Hall–Kier alpha value is -3.96. The number of aromatic nitrogens is 3. The van der Waals surface area contributed by atoms with Crippen LogP contribution in [-0.4, -0.2) is 27.3 Å². The van der Waals surface area contributed by atoms with Crippen molar-refractivity contribution in [3.8, 4) is 22.4 Å². The second kappa shape index (κ2) is 10.2. The lowest BCUT2D eigenvalue weighted by atomic mass is 9.92. The van der Waals surface area contributed by atoms with E-state index in [1.807, 2.05) is 24.5 Å². The molecule has 186 valence electrons. The summed E-state index contributed by atoms with van der Waals surface area (Å²) in [5, 5.41) is 10.4. The SMILES string of the molecule is COC1CCC(n2cnc3c(c(-c4ccccc4)c(-c4ccccc4)n3Cc3ccccc3)c2=N)CC1. The van der Waals surface area contributed by atoms with Gasteiger partial charge in [0, 0.05) is 25.3 Å². The minimum atomic E-state index is 0.261. The Labute approximate surface area is 217 Å². The zero-order valence-electron chi connectivity index (χ0n) is 21.2. The molecule has 0 unspecified atom stereocenters. The van der Waals surface area contributed by atoms with Crippen LogP contribution in [0, 0.1) is 5.41 Å². The van der Waals surface area contributed by atoms with Gasteiger partial charge in [0.15, 0.2) is 0 Å². The van der Waals surface area contributed by atoms with Crippen LogP contribution in [0.5, 0.6) is 0 Å². The highest BCUT2D eigenvalue weighted by molar-refractivity contribution is 6.02. The fraction of sp³-hybridized carbons (Fsp3) is 0.250. The van der Waals surface area contributed by atoms with E-state index in [-0.39, 0.29) is 6.04 Å². The summed E-state index contributed by atoms with van der Waals surface area (Å²) >= 11 is 0. The van der Waals surface area contributed by atoms with Crippen molar-refractivity contribution in [2.45, 2.75) is 44.4 Å². The van der Waals surface area contributed by atoms with Crippen molar-refractivity contribution in [3.63, 3.8) is 0 Å². The highest BCUT2D eigenvalue weighted by atomic mass is 16.5. The Bertz CT molecular complexity index is 1550. The van der Waals surface area contributed by atoms with Gasteiger partial charge in [-0.1, -0.05) is 91.0 Å². The monoisotopic (exact) mass is 488 g/mol. The maximum absolute atomic E-state index is 9.49. The third kappa shape index (κ3) is 4.40. The van der Waals surface area contributed by atoms with Gasteiger partial charge in [-0.15, -0.1) is 0 Å². The lowest BCUT2D eigenvalue weighted by Crippen LogP contribution is -2.30. The molecule has 0 spiro atoms. The molecule has 37 heavy (non-hydrogen) atoms. The van der Waals surface area contributed by atoms with Gasteiger partial charge in [-0.25, -0.2) is 4.98 Å². The first-order chi connectivity index (χ1) is 18.2. The summed E-state index contributed by atoms with van der Waals surface area (Å²) in [5.74, 6) is 0. The van der Waals surface area contributed by atoms with Crippen LogP contribution >= 0.6 is 0 Å². The second-order valence-corrected chi connectivity index (χ2v) is 9.89. The summed E-state index contributed by atoms with van der Waals surface area (Å²) in [6.07, 6.45) is 6.24. The predicted octanol–water partition coefficient (Wildman–Crippen LogP) is 6.83. The van der Waals surface area contributed by atoms with Gasteiger partial charge in [-0.2, -0.15) is 0 Å². The average molecular weight is 489 g/mol. The Morgan fingerprint density at radius 2 is 1.41 bits per heavy atom. The number of ether oxygens (including phenoxy) is 1. The molecular formula is C32H32N4O. The minimum Gasteiger partial charge on any atom is -0.381 e. The van der Waals surface area contributed by atoms with E-state index in [1.165, 1.54) is 5.56 Å². The second-order valence-electron chi connectivity index (χ2n) is 9.89. The summed E-state index contributed by atoms with van der Waals surface area (Å²) in [6, 6.07) is 31.8. The van der Waals surface area contributed by atoms with E-state index in [9.17, 15) is 5.41 Å². The van der Waals surface area contributed by atoms with Crippen molar-refractivity contribution in [2.75, 3.05) is 7.11 Å². The average Bonchev–Trinajstić information content (AvgIpc) is 3.29. The summed E-state index contributed by atoms with van der Waals surface area (Å²) in [4.78, 5) is 5.06. The van der Waals surface area contributed by atoms with Gasteiger partial charge >= 0.3 is 0 Å². The molecule has 5 aromatic rings. The molecule has 1 aliphatic carbocycles. The van der Waals surface area contributed by atoms with Crippen molar-refractivity contribution in [1.82, 2.24) is 14.1 Å². The molecule has 2 heterocycles. The number of hydrogen-bond acceptors (Lipinski definition) is 3. The molecule has 0 radical (unpaired) electrons. The van der Waals surface area contributed by atoms with Crippen LogP contribution in [0.4, 0.5) is 0 Å². The van der Waals surface area contributed by atoms with Crippen molar-refractivity contribution in [1.29, 1.82) is 5.41 Å². The van der Waals surface area contributed by atoms with E-state index in [1.54, 1.807) is 7.11 Å². The highest BCUT2D eigenvalue weighted by Crippen LogP contribution is 2.40. The van der Waals surface area contributed by atoms with Crippen LogP contribution in [0.1, 0.15) is 37.3 Å². The quantitative estimate of drug-likeness (QED) is 0.285. The van der Waals surface area contributed by atoms with Crippen molar-refractivity contribution in [3.05, 3.63) is 108 Å². The van der Waals surface area contributed by atoms with Gasteiger partial charge in [0.25, 0.3) is 0 Å². The van der Waals surface area contributed by atoms with Crippen molar-refractivity contribution in [2.24, 2.45) is 0 Å². The summed E-state index contributed by atoms with van der Waals surface area (Å²) in [6.45, 7) is 0.684. The number of nitrogens with zero attached hydrogens (tertiary/aromatic N) is 3. The zero-order chi connectivity index (χ0) is 25.2. The molecule has 1 saturated carbocycles. The topological polar surface area (TPSA) is 55.8 Å². The van der Waals surface area contributed by atoms with Gasteiger partial charge in [-0.3, -0.25) is 5.41 Å². The van der Waals surface area contributed by atoms with Gasteiger partial charge in [0.2, 0.25) is 0 Å². The lowest BCUT2D eigenvalue weighted by molar-refractivity contribution is 0.0577. The molecule has 6 rings (SSSR count). The Kier molecular flexibility index (Phi) is 6.46. The molecule has 1 aliphatic rings. The van der Waals surface area contributed by atoms with Crippen LogP contribution < -0.4 is 5.49 Å².